The number of benzene rings is 1. The Labute approximate surface area is 176 Å². The molecule has 2 aliphatic rings. The van der Waals surface area contributed by atoms with Gasteiger partial charge in [0.25, 0.3) is 0 Å². The van der Waals surface area contributed by atoms with Crippen LogP contribution in [0.15, 0.2) is 29.3 Å². The third kappa shape index (κ3) is 4.72. The monoisotopic (exact) mass is 482 g/mol. The van der Waals surface area contributed by atoms with Crippen molar-refractivity contribution in [1.29, 1.82) is 0 Å². The lowest BCUT2D eigenvalue weighted by molar-refractivity contribution is 0.262. The topological polar surface area (TPSA) is 90.4 Å². The number of fused-ring (bicyclic) bond motifs is 2. The van der Waals surface area contributed by atoms with Crippen LogP contribution in [0, 0.1) is 0 Å². The fourth-order valence-electron chi connectivity index (χ4n) is 3.72. The Kier molecular flexibility index (Phi) is 6.92. The molecular formula is C19H27IN6O. The molecule has 0 radical (unpaired) electrons. The van der Waals surface area contributed by atoms with Gasteiger partial charge in [0.15, 0.2) is 5.96 Å². The average Bonchev–Trinajstić information content (AvgIpc) is 2.88. The zero-order chi connectivity index (χ0) is 17.8. The number of aliphatic imine (C=N–C) groups is 1. The summed E-state index contributed by atoms with van der Waals surface area (Å²) in [5, 5.41) is 12.0. The summed E-state index contributed by atoms with van der Waals surface area (Å²) in [6.45, 7) is 2.32. The molecule has 0 spiro atoms. The maximum Gasteiger partial charge on any atom is 0.189 e. The lowest BCUT2D eigenvalue weighted by atomic mass is 10.0. The first-order valence-corrected chi connectivity index (χ1v) is 9.50. The fourth-order valence-corrected chi connectivity index (χ4v) is 3.72. The first kappa shape index (κ1) is 19.9. The van der Waals surface area contributed by atoms with E-state index >= 15 is 0 Å². The first-order chi connectivity index (χ1) is 12.8. The molecule has 8 heteroatoms. The van der Waals surface area contributed by atoms with Gasteiger partial charge in [-0.15, -0.1) is 34.2 Å². The third-order valence-corrected chi connectivity index (χ3v) is 5.08. The predicted octanol–water partition coefficient (Wildman–Crippen LogP) is 2.59. The smallest absolute Gasteiger partial charge is 0.189 e. The van der Waals surface area contributed by atoms with Gasteiger partial charge in [0, 0.05) is 37.9 Å². The van der Waals surface area contributed by atoms with Crippen LogP contribution in [0.2, 0.25) is 0 Å². The molecule has 1 atom stereocenters. The van der Waals surface area contributed by atoms with Gasteiger partial charge >= 0.3 is 0 Å². The Balaban J connectivity index is 0.00000210. The highest BCUT2D eigenvalue weighted by Gasteiger charge is 2.21. The molecule has 27 heavy (non-hydrogen) atoms. The minimum atomic E-state index is 0. The van der Waals surface area contributed by atoms with Crippen LogP contribution in [0.3, 0.4) is 0 Å². The quantitative estimate of drug-likeness (QED) is 0.397. The molecule has 146 valence electrons. The van der Waals surface area contributed by atoms with Gasteiger partial charge in [0.05, 0.1) is 12.6 Å². The Morgan fingerprint density at radius 2 is 2.15 bits per heavy atom. The van der Waals surface area contributed by atoms with E-state index in [-0.39, 0.29) is 30.0 Å². The molecule has 4 rings (SSSR count). The van der Waals surface area contributed by atoms with Crippen molar-refractivity contribution in [3.05, 3.63) is 41.5 Å². The van der Waals surface area contributed by atoms with Gasteiger partial charge < -0.3 is 20.4 Å². The summed E-state index contributed by atoms with van der Waals surface area (Å²) in [6.07, 6.45) is 6.35. The highest BCUT2D eigenvalue weighted by molar-refractivity contribution is 14.0. The molecule has 3 N–H and O–H groups in total. The number of ether oxygens (including phenoxy) is 1. The second-order valence-electron chi connectivity index (χ2n) is 6.88. The van der Waals surface area contributed by atoms with Crippen molar-refractivity contribution in [1.82, 2.24) is 20.1 Å². The maximum atomic E-state index is 6.12. The Bertz CT molecular complexity index is 790. The highest BCUT2D eigenvalue weighted by Crippen LogP contribution is 2.31. The van der Waals surface area contributed by atoms with Crippen LogP contribution < -0.4 is 15.8 Å². The number of halogens is 1. The molecule has 0 fully saturated rings. The normalized spacial score (nSPS) is 19.1. The van der Waals surface area contributed by atoms with Gasteiger partial charge in [-0.3, -0.25) is 4.99 Å². The molecule has 2 aromatic rings. The second kappa shape index (κ2) is 9.38. The minimum Gasteiger partial charge on any atom is -0.493 e. The summed E-state index contributed by atoms with van der Waals surface area (Å²) in [4.78, 5) is 4.50. The molecule has 0 bridgehead atoms. The van der Waals surface area contributed by atoms with E-state index in [1.54, 1.807) is 0 Å². The number of hydrogen-bond acceptors (Lipinski definition) is 4. The van der Waals surface area contributed by atoms with Crippen LogP contribution in [0.25, 0.3) is 0 Å². The number of para-hydroxylation sites is 1. The van der Waals surface area contributed by atoms with Crippen molar-refractivity contribution in [3.63, 3.8) is 0 Å². The van der Waals surface area contributed by atoms with E-state index in [4.69, 9.17) is 10.5 Å². The van der Waals surface area contributed by atoms with Crippen molar-refractivity contribution in [2.45, 2.75) is 51.1 Å². The summed E-state index contributed by atoms with van der Waals surface area (Å²) in [5.41, 5.74) is 7.26. The van der Waals surface area contributed by atoms with E-state index in [0.717, 1.165) is 48.8 Å². The van der Waals surface area contributed by atoms with E-state index in [9.17, 15) is 0 Å². The third-order valence-electron chi connectivity index (χ3n) is 5.08. The van der Waals surface area contributed by atoms with Gasteiger partial charge in [-0.25, -0.2) is 0 Å². The number of aromatic nitrogens is 3. The van der Waals surface area contributed by atoms with Gasteiger partial charge in [-0.05, 0) is 18.9 Å². The average molecular weight is 482 g/mol. The van der Waals surface area contributed by atoms with Crippen LogP contribution in [0.5, 0.6) is 5.75 Å². The zero-order valence-corrected chi connectivity index (χ0v) is 17.8. The SMILES string of the molecule is I.NC(=NCCc1nnc2n1CCCCC2)NC1CCOc2ccccc21. The van der Waals surface area contributed by atoms with Crippen LogP contribution in [0.4, 0.5) is 0 Å². The molecule has 0 saturated heterocycles. The molecule has 0 amide bonds. The Morgan fingerprint density at radius 1 is 1.26 bits per heavy atom. The molecule has 0 saturated carbocycles. The van der Waals surface area contributed by atoms with Gasteiger partial charge in [-0.1, -0.05) is 24.6 Å². The minimum absolute atomic E-state index is 0. The number of rotatable bonds is 4. The second-order valence-corrected chi connectivity index (χ2v) is 6.88. The standard InChI is InChI=1S/C19H26N6O.HI/c20-19(22-15-10-13-26-16-7-4-3-6-14(15)16)21-11-9-18-24-23-17-8-2-1-5-12-25(17)18;/h3-4,6-7,15H,1-2,5,8-13H2,(H3,20,21,22);1H. The summed E-state index contributed by atoms with van der Waals surface area (Å²) in [6, 6.07) is 8.22. The van der Waals surface area contributed by atoms with Crippen LogP contribution >= 0.6 is 24.0 Å². The summed E-state index contributed by atoms with van der Waals surface area (Å²) in [7, 11) is 0. The van der Waals surface area contributed by atoms with Crippen LogP contribution in [0.1, 0.15) is 48.9 Å². The van der Waals surface area contributed by atoms with E-state index in [0.29, 0.717) is 19.1 Å². The fraction of sp³-hybridized carbons (Fsp3) is 0.526. The summed E-state index contributed by atoms with van der Waals surface area (Å²) >= 11 is 0. The molecule has 1 aromatic carbocycles. The van der Waals surface area contributed by atoms with Crippen molar-refractivity contribution in [2.75, 3.05) is 13.2 Å². The number of nitrogens with one attached hydrogen (secondary N) is 1. The number of nitrogens with two attached hydrogens (primary N) is 1. The molecule has 3 heterocycles. The van der Waals surface area contributed by atoms with Crippen LogP contribution in [-0.2, 0) is 19.4 Å². The van der Waals surface area contributed by atoms with Crippen molar-refractivity contribution >= 4 is 29.9 Å². The lowest BCUT2D eigenvalue weighted by Crippen LogP contribution is -2.37. The maximum absolute atomic E-state index is 6.12. The van der Waals surface area contributed by atoms with Gasteiger partial charge in [-0.2, -0.15) is 0 Å². The number of aryl methyl sites for hydroxylation is 1. The number of nitrogens with zero attached hydrogens (tertiary/aromatic N) is 4. The lowest BCUT2D eigenvalue weighted by Gasteiger charge is -2.26. The molecule has 1 aromatic heterocycles. The molecule has 7 nitrogen and oxygen atoms in total. The number of hydrogen-bond donors (Lipinski definition) is 2. The van der Waals surface area contributed by atoms with Crippen molar-refractivity contribution in [2.24, 2.45) is 10.7 Å². The van der Waals surface area contributed by atoms with Crippen molar-refractivity contribution < 1.29 is 4.74 Å². The Morgan fingerprint density at radius 3 is 3.07 bits per heavy atom. The van der Waals surface area contributed by atoms with Gasteiger partial charge in [0.1, 0.15) is 17.4 Å². The molecule has 0 aliphatic carbocycles. The van der Waals surface area contributed by atoms with E-state index in [1.807, 2.05) is 18.2 Å². The van der Waals surface area contributed by atoms with E-state index in [2.05, 4.69) is 31.1 Å². The summed E-state index contributed by atoms with van der Waals surface area (Å²) < 4.78 is 7.95. The highest BCUT2D eigenvalue weighted by atomic mass is 127. The predicted molar refractivity (Wildman–Crippen MR) is 116 cm³/mol. The molecule has 2 aliphatic heterocycles. The van der Waals surface area contributed by atoms with Crippen molar-refractivity contribution in [3.8, 4) is 5.75 Å². The Hall–Kier alpha value is -1.84. The summed E-state index contributed by atoms with van der Waals surface area (Å²) in [5.74, 6) is 3.54. The molecule has 1 unspecified atom stereocenters. The zero-order valence-electron chi connectivity index (χ0n) is 15.4. The van der Waals surface area contributed by atoms with E-state index < -0.39 is 0 Å². The van der Waals surface area contributed by atoms with E-state index in [1.165, 1.54) is 19.3 Å². The largest absolute Gasteiger partial charge is 0.493 e. The number of guanidine groups is 1. The first-order valence-electron chi connectivity index (χ1n) is 9.50. The van der Waals surface area contributed by atoms with Gasteiger partial charge in [0.2, 0.25) is 0 Å². The molecular weight excluding hydrogens is 455 g/mol. The van der Waals surface area contributed by atoms with Crippen LogP contribution in [-0.4, -0.2) is 33.9 Å².